The molecule has 0 N–H and O–H groups in total. The van der Waals surface area contributed by atoms with Crippen LogP contribution >= 0.6 is 0 Å². The molecular formula is C26H29N3O2. The molecule has 0 radical (unpaired) electrons. The topological polar surface area (TPSA) is 55.3 Å². The molecule has 3 aromatic rings. The van der Waals surface area contributed by atoms with Crippen molar-refractivity contribution < 1.29 is 9.53 Å². The summed E-state index contributed by atoms with van der Waals surface area (Å²) in [6.07, 6.45) is 2.19. The Kier molecular flexibility index (Phi) is 6.60. The molecule has 2 heterocycles. The number of ether oxygens (including phenoxy) is 1. The molecule has 2 aromatic carbocycles. The minimum atomic E-state index is 0.0656. The van der Waals surface area contributed by atoms with Crippen LogP contribution in [0, 0.1) is 13.8 Å². The van der Waals surface area contributed by atoms with Crippen LogP contribution in [0.5, 0.6) is 5.88 Å². The first-order valence-electron chi connectivity index (χ1n) is 10.9. The molecule has 5 heteroatoms. The zero-order valence-corrected chi connectivity index (χ0v) is 18.2. The number of aryl methyl sites for hydroxylation is 2. The quantitative estimate of drug-likeness (QED) is 0.586. The average molecular weight is 416 g/mol. The maximum absolute atomic E-state index is 13.2. The predicted octanol–water partition coefficient (Wildman–Crippen LogP) is 4.69. The molecule has 0 aliphatic carbocycles. The highest BCUT2D eigenvalue weighted by molar-refractivity contribution is 5.78. The van der Waals surface area contributed by atoms with Gasteiger partial charge in [-0.1, -0.05) is 60.7 Å². The Labute approximate surface area is 184 Å². The van der Waals surface area contributed by atoms with Gasteiger partial charge in [-0.15, -0.1) is 0 Å². The zero-order valence-electron chi connectivity index (χ0n) is 18.2. The van der Waals surface area contributed by atoms with Gasteiger partial charge in [-0.05, 0) is 25.0 Å². The normalized spacial score (nSPS) is 14.6. The van der Waals surface area contributed by atoms with Gasteiger partial charge in [0.05, 0.1) is 0 Å². The van der Waals surface area contributed by atoms with Gasteiger partial charge in [-0.25, -0.2) is 4.98 Å². The van der Waals surface area contributed by atoms with Crippen molar-refractivity contribution in [3.63, 3.8) is 0 Å². The van der Waals surface area contributed by atoms with E-state index in [1.807, 2.05) is 61.2 Å². The lowest BCUT2D eigenvalue weighted by Gasteiger charge is -2.33. The van der Waals surface area contributed by atoms with Crippen molar-refractivity contribution in [3.05, 3.63) is 89.4 Å². The lowest BCUT2D eigenvalue weighted by atomic mass is 9.88. The minimum absolute atomic E-state index is 0.0656. The monoisotopic (exact) mass is 415 g/mol. The van der Waals surface area contributed by atoms with Crippen molar-refractivity contribution >= 4 is 5.91 Å². The molecule has 4 rings (SSSR count). The maximum Gasteiger partial charge on any atom is 0.223 e. The number of benzene rings is 2. The van der Waals surface area contributed by atoms with Gasteiger partial charge in [0.2, 0.25) is 11.8 Å². The molecule has 1 saturated heterocycles. The summed E-state index contributed by atoms with van der Waals surface area (Å²) in [5.41, 5.74) is 3.26. The molecule has 0 spiro atoms. The lowest BCUT2D eigenvalue weighted by molar-refractivity contribution is -0.133. The third-order valence-corrected chi connectivity index (χ3v) is 5.81. The van der Waals surface area contributed by atoms with E-state index in [9.17, 15) is 4.79 Å². The molecular weight excluding hydrogens is 386 g/mol. The Morgan fingerprint density at radius 1 is 0.968 bits per heavy atom. The number of carbonyl (C=O) groups is 1. The van der Waals surface area contributed by atoms with Gasteiger partial charge in [0.1, 0.15) is 11.9 Å². The summed E-state index contributed by atoms with van der Waals surface area (Å²) in [5.74, 6) is 1.61. The van der Waals surface area contributed by atoms with Gasteiger partial charge in [0.25, 0.3) is 0 Å². The standard InChI is InChI=1S/C26H29N3O2/c1-19-17-25(28-20(2)27-19)31-23-13-15-29(16-14-23)26(30)18-24(21-9-5-3-6-10-21)22-11-7-4-8-12-22/h3-12,17,23-24H,13-16,18H2,1-2H3. The number of carbonyl (C=O) groups excluding carboxylic acids is 1. The first-order valence-corrected chi connectivity index (χ1v) is 10.9. The molecule has 1 aliphatic heterocycles. The van der Waals surface area contributed by atoms with Gasteiger partial charge >= 0.3 is 0 Å². The van der Waals surface area contributed by atoms with Crippen molar-refractivity contribution in [1.29, 1.82) is 0 Å². The van der Waals surface area contributed by atoms with E-state index in [1.165, 1.54) is 11.1 Å². The first kappa shape index (κ1) is 21.0. The van der Waals surface area contributed by atoms with Crippen molar-refractivity contribution in [2.24, 2.45) is 0 Å². The van der Waals surface area contributed by atoms with Gasteiger partial charge in [0, 0.05) is 50.0 Å². The molecule has 0 unspecified atom stereocenters. The molecule has 1 aliphatic rings. The molecule has 0 atom stereocenters. The van der Waals surface area contributed by atoms with E-state index in [0.29, 0.717) is 25.4 Å². The SMILES string of the molecule is Cc1cc(OC2CCN(C(=O)CC(c3ccccc3)c3ccccc3)CC2)nc(C)n1. The largest absolute Gasteiger partial charge is 0.474 e. The number of rotatable bonds is 6. The zero-order chi connectivity index (χ0) is 21.6. The van der Waals surface area contributed by atoms with Crippen LogP contribution in [0.1, 0.15) is 47.8 Å². The van der Waals surface area contributed by atoms with E-state index in [2.05, 4.69) is 34.2 Å². The minimum Gasteiger partial charge on any atom is -0.474 e. The van der Waals surface area contributed by atoms with Crippen LogP contribution in [0.4, 0.5) is 0 Å². The Morgan fingerprint density at radius 2 is 1.55 bits per heavy atom. The Bertz CT molecular complexity index is 940. The Balaban J connectivity index is 1.38. The number of nitrogens with zero attached hydrogens (tertiary/aromatic N) is 3. The smallest absolute Gasteiger partial charge is 0.223 e. The van der Waals surface area contributed by atoms with E-state index >= 15 is 0 Å². The summed E-state index contributed by atoms with van der Waals surface area (Å²) in [6.45, 7) is 5.24. The van der Waals surface area contributed by atoms with E-state index < -0.39 is 0 Å². The van der Waals surface area contributed by atoms with E-state index in [4.69, 9.17) is 4.74 Å². The van der Waals surface area contributed by atoms with Gasteiger partial charge in [0.15, 0.2) is 0 Å². The molecule has 1 fully saturated rings. The second-order valence-electron chi connectivity index (χ2n) is 8.17. The summed E-state index contributed by atoms with van der Waals surface area (Å²) >= 11 is 0. The van der Waals surface area contributed by atoms with Crippen molar-refractivity contribution in [1.82, 2.24) is 14.9 Å². The van der Waals surface area contributed by atoms with E-state index in [0.717, 1.165) is 24.4 Å². The molecule has 31 heavy (non-hydrogen) atoms. The highest BCUT2D eigenvalue weighted by atomic mass is 16.5. The molecule has 0 bridgehead atoms. The molecule has 5 nitrogen and oxygen atoms in total. The number of aromatic nitrogens is 2. The van der Waals surface area contributed by atoms with Gasteiger partial charge < -0.3 is 9.64 Å². The van der Waals surface area contributed by atoms with Crippen LogP contribution in [0.2, 0.25) is 0 Å². The van der Waals surface area contributed by atoms with Crippen molar-refractivity contribution in [2.45, 2.75) is 45.1 Å². The molecule has 0 saturated carbocycles. The van der Waals surface area contributed by atoms with Crippen molar-refractivity contribution in [2.75, 3.05) is 13.1 Å². The summed E-state index contributed by atoms with van der Waals surface area (Å²) in [5, 5.41) is 0. The maximum atomic E-state index is 13.2. The second kappa shape index (κ2) is 9.73. The van der Waals surface area contributed by atoms with Crippen molar-refractivity contribution in [3.8, 4) is 5.88 Å². The molecule has 1 aromatic heterocycles. The van der Waals surface area contributed by atoms with E-state index in [1.54, 1.807) is 0 Å². The van der Waals surface area contributed by atoms with Crippen LogP contribution in [0.25, 0.3) is 0 Å². The summed E-state index contributed by atoms with van der Waals surface area (Å²) in [4.78, 5) is 23.8. The number of likely N-dealkylation sites (tertiary alicyclic amines) is 1. The Hall–Kier alpha value is -3.21. The lowest BCUT2D eigenvalue weighted by Crippen LogP contribution is -2.42. The number of hydrogen-bond acceptors (Lipinski definition) is 4. The fourth-order valence-corrected chi connectivity index (χ4v) is 4.24. The summed E-state index contributed by atoms with van der Waals surface area (Å²) in [6, 6.07) is 22.5. The fourth-order valence-electron chi connectivity index (χ4n) is 4.24. The number of amides is 1. The van der Waals surface area contributed by atoms with Gasteiger partial charge in [-0.3, -0.25) is 4.79 Å². The van der Waals surface area contributed by atoms with Crippen LogP contribution in [0.15, 0.2) is 66.7 Å². The van der Waals surface area contributed by atoms with Crippen LogP contribution in [-0.4, -0.2) is 40.0 Å². The number of hydrogen-bond donors (Lipinski definition) is 0. The third-order valence-electron chi connectivity index (χ3n) is 5.81. The third kappa shape index (κ3) is 5.48. The van der Waals surface area contributed by atoms with E-state index in [-0.39, 0.29) is 17.9 Å². The first-order chi connectivity index (χ1) is 15.1. The second-order valence-corrected chi connectivity index (χ2v) is 8.17. The summed E-state index contributed by atoms with van der Waals surface area (Å²) < 4.78 is 6.08. The summed E-state index contributed by atoms with van der Waals surface area (Å²) in [7, 11) is 0. The molecule has 1 amide bonds. The molecule has 160 valence electrons. The highest BCUT2D eigenvalue weighted by Crippen LogP contribution is 2.29. The van der Waals surface area contributed by atoms with Gasteiger partial charge in [-0.2, -0.15) is 4.98 Å². The van der Waals surface area contributed by atoms with Crippen LogP contribution < -0.4 is 4.74 Å². The fraction of sp³-hybridized carbons (Fsp3) is 0.346. The van der Waals surface area contributed by atoms with Crippen LogP contribution in [-0.2, 0) is 4.79 Å². The highest BCUT2D eigenvalue weighted by Gasteiger charge is 2.27. The average Bonchev–Trinajstić information content (AvgIpc) is 2.78. The van der Waals surface area contributed by atoms with Crippen LogP contribution in [0.3, 0.4) is 0 Å². The number of piperidine rings is 1. The Morgan fingerprint density at radius 3 is 2.10 bits per heavy atom. The predicted molar refractivity (Wildman–Crippen MR) is 121 cm³/mol.